The Balaban J connectivity index is 2.51. The molecular weight excluding hydrogens is 197 g/mol. The molecule has 0 fully saturated rings. The van der Waals surface area contributed by atoms with E-state index in [2.05, 4.69) is 5.32 Å². The van der Waals surface area contributed by atoms with Gasteiger partial charge in [0.05, 0.1) is 0 Å². The molecule has 80 valence electrons. The van der Waals surface area contributed by atoms with Gasteiger partial charge in [-0.15, -0.1) is 0 Å². The van der Waals surface area contributed by atoms with Crippen LogP contribution in [-0.4, -0.2) is 17.6 Å². The average Bonchev–Trinajstić information content (AvgIpc) is 2.18. The molecule has 0 radical (unpaired) electrons. The topological polar surface area (TPSA) is 49.3 Å². The highest BCUT2D eigenvalue weighted by molar-refractivity contribution is 5.79. The van der Waals surface area contributed by atoms with Gasteiger partial charge in [0.2, 0.25) is 0 Å². The Morgan fingerprint density at radius 2 is 2.33 bits per heavy atom. The molecule has 4 heteroatoms. The highest BCUT2D eigenvalue weighted by Gasteiger charge is 1.97. The zero-order chi connectivity index (χ0) is 11.3. The molecule has 1 aromatic carbocycles. The van der Waals surface area contributed by atoms with Crippen molar-refractivity contribution in [3.63, 3.8) is 0 Å². The molecule has 1 rings (SSSR count). The number of aliphatic carboxylic acids is 1. The van der Waals surface area contributed by atoms with Crippen LogP contribution in [0.5, 0.6) is 0 Å². The van der Waals surface area contributed by atoms with Crippen LogP contribution in [0, 0.1) is 12.7 Å². The highest BCUT2D eigenvalue weighted by atomic mass is 19.1. The predicted octanol–water partition coefficient (Wildman–Crippen LogP) is 2.19. The number of carbonyl (C=O) groups is 1. The summed E-state index contributed by atoms with van der Waals surface area (Å²) in [5, 5.41) is 11.2. The molecule has 0 saturated carbocycles. The molecule has 0 unspecified atom stereocenters. The van der Waals surface area contributed by atoms with E-state index in [0.717, 1.165) is 6.08 Å². The average molecular weight is 209 g/mol. The first-order chi connectivity index (χ1) is 7.09. The fraction of sp³-hybridized carbons (Fsp3) is 0.182. The molecule has 3 nitrogen and oxygen atoms in total. The number of aryl methyl sites for hydroxylation is 1. The third kappa shape index (κ3) is 3.81. The normalized spacial score (nSPS) is 10.5. The molecule has 0 bridgehead atoms. The van der Waals surface area contributed by atoms with Gasteiger partial charge < -0.3 is 10.4 Å². The monoisotopic (exact) mass is 209 g/mol. The van der Waals surface area contributed by atoms with Crippen molar-refractivity contribution >= 4 is 11.7 Å². The van der Waals surface area contributed by atoms with Crippen molar-refractivity contribution < 1.29 is 14.3 Å². The number of rotatable bonds is 4. The van der Waals surface area contributed by atoms with E-state index < -0.39 is 5.97 Å². The third-order valence-corrected chi connectivity index (χ3v) is 1.86. The molecular formula is C11H12FNO2. The molecule has 0 aliphatic carbocycles. The maximum atomic E-state index is 13.1. The van der Waals surface area contributed by atoms with E-state index in [0.29, 0.717) is 17.8 Å². The van der Waals surface area contributed by atoms with Gasteiger partial charge in [0.25, 0.3) is 0 Å². The van der Waals surface area contributed by atoms with Crippen molar-refractivity contribution in [1.29, 1.82) is 0 Å². The van der Waals surface area contributed by atoms with Gasteiger partial charge in [-0.3, -0.25) is 0 Å². The third-order valence-electron chi connectivity index (χ3n) is 1.86. The van der Waals surface area contributed by atoms with Gasteiger partial charge >= 0.3 is 5.97 Å². The summed E-state index contributed by atoms with van der Waals surface area (Å²) in [4.78, 5) is 10.1. The Bertz CT molecular complexity index is 388. The van der Waals surface area contributed by atoms with Crippen molar-refractivity contribution in [2.45, 2.75) is 6.92 Å². The Hall–Kier alpha value is -1.84. The molecule has 0 atom stereocenters. The lowest BCUT2D eigenvalue weighted by molar-refractivity contribution is -0.131. The summed E-state index contributed by atoms with van der Waals surface area (Å²) in [7, 11) is 0. The minimum Gasteiger partial charge on any atom is -0.478 e. The van der Waals surface area contributed by atoms with Gasteiger partial charge in [-0.2, -0.15) is 0 Å². The van der Waals surface area contributed by atoms with Crippen LogP contribution in [0.25, 0.3) is 0 Å². The van der Waals surface area contributed by atoms with Gasteiger partial charge in [-0.05, 0) is 24.6 Å². The minimum atomic E-state index is -0.994. The summed E-state index contributed by atoms with van der Waals surface area (Å²) in [6, 6.07) is 4.79. The summed E-state index contributed by atoms with van der Waals surface area (Å²) < 4.78 is 13.1. The first-order valence-corrected chi connectivity index (χ1v) is 4.49. The lowest BCUT2D eigenvalue weighted by atomic mass is 10.2. The Morgan fingerprint density at radius 1 is 1.60 bits per heavy atom. The summed E-state index contributed by atoms with van der Waals surface area (Å²) in [5.41, 5.74) is 1.22. The number of carboxylic acids is 1. The van der Waals surface area contributed by atoms with E-state index in [9.17, 15) is 9.18 Å². The maximum Gasteiger partial charge on any atom is 0.328 e. The van der Waals surface area contributed by atoms with Crippen molar-refractivity contribution in [2.75, 3.05) is 11.9 Å². The van der Waals surface area contributed by atoms with E-state index in [1.807, 2.05) is 0 Å². The number of halogens is 1. The van der Waals surface area contributed by atoms with Crippen molar-refractivity contribution in [3.8, 4) is 0 Å². The lowest BCUT2D eigenvalue weighted by Gasteiger charge is -2.04. The van der Waals surface area contributed by atoms with Crippen LogP contribution >= 0.6 is 0 Å². The van der Waals surface area contributed by atoms with Crippen molar-refractivity contribution in [3.05, 3.63) is 41.7 Å². The van der Waals surface area contributed by atoms with Crippen LogP contribution in [-0.2, 0) is 4.79 Å². The number of benzene rings is 1. The molecule has 2 N–H and O–H groups in total. The summed E-state index contributed by atoms with van der Waals surface area (Å²) >= 11 is 0. The van der Waals surface area contributed by atoms with Gasteiger partial charge in [0.15, 0.2) is 0 Å². The van der Waals surface area contributed by atoms with Crippen molar-refractivity contribution in [2.24, 2.45) is 0 Å². The van der Waals surface area contributed by atoms with Crippen LogP contribution < -0.4 is 5.32 Å². The zero-order valence-corrected chi connectivity index (χ0v) is 8.33. The van der Waals surface area contributed by atoms with Crippen LogP contribution in [0.2, 0.25) is 0 Å². The number of carboxylic acid groups (broad SMARTS) is 1. The highest BCUT2D eigenvalue weighted by Crippen LogP contribution is 2.12. The second kappa shape index (κ2) is 5.14. The summed E-state index contributed by atoms with van der Waals surface area (Å²) in [6.07, 6.45) is 2.50. The standard InChI is InChI=1S/C11H12FNO2/c1-8-4-5-9(7-10(8)12)13-6-2-3-11(14)15/h2-5,7,13H,6H2,1H3,(H,14,15)/b3-2+. The minimum absolute atomic E-state index is 0.276. The molecule has 0 aromatic heterocycles. The quantitative estimate of drug-likeness (QED) is 0.747. The smallest absolute Gasteiger partial charge is 0.328 e. The molecule has 0 amide bonds. The van der Waals surface area contributed by atoms with Gasteiger partial charge in [0.1, 0.15) is 5.82 Å². The van der Waals surface area contributed by atoms with Gasteiger partial charge in [0, 0.05) is 18.3 Å². The number of nitrogens with one attached hydrogen (secondary N) is 1. The number of anilines is 1. The first kappa shape index (κ1) is 11.2. The number of hydrogen-bond acceptors (Lipinski definition) is 2. The first-order valence-electron chi connectivity index (χ1n) is 4.49. The fourth-order valence-corrected chi connectivity index (χ4v) is 1.04. The van der Waals surface area contributed by atoms with Crippen LogP contribution in [0.4, 0.5) is 10.1 Å². The maximum absolute atomic E-state index is 13.1. The second-order valence-corrected chi connectivity index (χ2v) is 3.09. The van der Waals surface area contributed by atoms with Crippen LogP contribution in [0.15, 0.2) is 30.4 Å². The van der Waals surface area contributed by atoms with E-state index in [1.54, 1.807) is 19.1 Å². The van der Waals surface area contributed by atoms with E-state index in [-0.39, 0.29) is 5.82 Å². The Labute approximate surface area is 87.2 Å². The second-order valence-electron chi connectivity index (χ2n) is 3.09. The van der Waals surface area contributed by atoms with Crippen LogP contribution in [0.1, 0.15) is 5.56 Å². The van der Waals surface area contributed by atoms with Gasteiger partial charge in [-0.1, -0.05) is 12.1 Å². The zero-order valence-electron chi connectivity index (χ0n) is 8.33. The molecule has 15 heavy (non-hydrogen) atoms. The van der Waals surface area contributed by atoms with E-state index >= 15 is 0 Å². The lowest BCUT2D eigenvalue weighted by Crippen LogP contribution is -2.00. The molecule has 0 saturated heterocycles. The van der Waals surface area contributed by atoms with Crippen molar-refractivity contribution in [1.82, 2.24) is 0 Å². The van der Waals surface area contributed by atoms with E-state index in [1.165, 1.54) is 12.1 Å². The summed E-state index contributed by atoms with van der Waals surface area (Å²) in [6.45, 7) is 2.04. The SMILES string of the molecule is Cc1ccc(NC/C=C/C(=O)O)cc1F. The Kier molecular flexibility index (Phi) is 3.85. The molecule has 0 aliphatic heterocycles. The van der Waals surface area contributed by atoms with E-state index in [4.69, 9.17) is 5.11 Å². The predicted molar refractivity (Wildman–Crippen MR) is 56.4 cm³/mol. The Morgan fingerprint density at radius 3 is 2.93 bits per heavy atom. The molecule has 0 aliphatic rings. The van der Waals surface area contributed by atoms with Crippen LogP contribution in [0.3, 0.4) is 0 Å². The molecule has 1 aromatic rings. The largest absolute Gasteiger partial charge is 0.478 e. The van der Waals surface area contributed by atoms with Gasteiger partial charge in [-0.25, -0.2) is 9.18 Å². The molecule has 0 heterocycles. The fourth-order valence-electron chi connectivity index (χ4n) is 1.04. The molecule has 0 spiro atoms. The summed E-state index contributed by atoms with van der Waals surface area (Å²) in [5.74, 6) is -1.27. The number of hydrogen-bond donors (Lipinski definition) is 2.